The Morgan fingerprint density at radius 3 is 2.53 bits per heavy atom. The number of ether oxygens (including phenoxy) is 2. The number of hydrogen-bond donors (Lipinski definition) is 5. The Morgan fingerprint density at radius 1 is 1.04 bits per heavy atom. The van der Waals surface area contributed by atoms with Gasteiger partial charge in [0.1, 0.15) is 17.8 Å². The number of nitrogens with two attached hydrogens (primary N) is 1. The van der Waals surface area contributed by atoms with Crippen LogP contribution in [0.4, 0.5) is 0 Å². The molecule has 2 unspecified atom stereocenters. The van der Waals surface area contributed by atoms with Gasteiger partial charge in [-0.05, 0) is 143 Å². The molecule has 8 heteroatoms. The number of nitrogens with one attached hydrogen (secondary N) is 1. The number of carbonyl (C=O) groups is 1. The molecule has 0 amide bonds. The van der Waals surface area contributed by atoms with Crippen molar-refractivity contribution in [3.05, 3.63) is 11.6 Å². The Kier molecular flexibility index (Phi) is 8.52. The second kappa shape index (κ2) is 11.6. The molecule has 0 aromatic carbocycles. The van der Waals surface area contributed by atoms with Gasteiger partial charge in [0, 0.05) is 17.9 Å². The van der Waals surface area contributed by atoms with E-state index in [0.29, 0.717) is 31.3 Å². The highest BCUT2D eigenvalue weighted by molar-refractivity contribution is 5.95. The third kappa shape index (κ3) is 5.19. The van der Waals surface area contributed by atoms with Crippen LogP contribution in [0.1, 0.15) is 125 Å². The zero-order valence-corrected chi connectivity index (χ0v) is 30.0. The molecule has 47 heavy (non-hydrogen) atoms. The van der Waals surface area contributed by atoms with E-state index in [2.05, 4.69) is 39.9 Å². The largest absolute Gasteiger partial charge is 0.393 e. The minimum Gasteiger partial charge on any atom is -0.393 e. The molecule has 7 aliphatic rings. The molecule has 0 spiro atoms. The van der Waals surface area contributed by atoms with Crippen molar-refractivity contribution in [2.24, 2.45) is 51.6 Å². The minimum absolute atomic E-state index is 0.0450. The van der Waals surface area contributed by atoms with E-state index in [4.69, 9.17) is 15.2 Å². The van der Waals surface area contributed by atoms with E-state index in [1.54, 1.807) is 0 Å². The molecular formula is C39H64N2O6. The summed E-state index contributed by atoms with van der Waals surface area (Å²) in [5.41, 5.74) is 3.35. The zero-order chi connectivity index (χ0) is 33.8. The lowest BCUT2D eigenvalue weighted by molar-refractivity contribution is -0.193. The van der Waals surface area contributed by atoms with E-state index < -0.39 is 28.3 Å². The number of fused-ring (bicyclic) bond motifs is 5. The molecular weight excluding hydrogens is 592 g/mol. The fourth-order valence-electron chi connectivity index (χ4n) is 12.3. The van der Waals surface area contributed by atoms with Crippen LogP contribution in [0.15, 0.2) is 11.6 Å². The maximum Gasteiger partial charge on any atom is 0.159 e. The van der Waals surface area contributed by atoms with Crippen LogP contribution in [0.2, 0.25) is 0 Å². The SMILES string of the molecule is C[C@@H]1CCO[C@@]([C@@H]2O[C@@H]2[C@](C)(O)C(C)(C)CCC2CCNC(N)C2)([C@@H]2CC[C@]3(O)C4=CC(=O)[C@H]5C[C@@H](O)CC[C@]5(C)[C@@H]4CC[C@]23C)C1. The van der Waals surface area contributed by atoms with Crippen LogP contribution in [0.3, 0.4) is 0 Å². The highest BCUT2D eigenvalue weighted by Gasteiger charge is 2.75. The number of aliphatic hydroxyl groups is 3. The lowest BCUT2D eigenvalue weighted by Crippen LogP contribution is -2.63. The number of allylic oxidation sites excluding steroid dienone is 1. The van der Waals surface area contributed by atoms with Crippen LogP contribution >= 0.6 is 0 Å². The summed E-state index contributed by atoms with van der Waals surface area (Å²) < 4.78 is 13.7. The predicted octanol–water partition coefficient (Wildman–Crippen LogP) is 5.01. The second-order valence-corrected chi connectivity index (χ2v) is 18.8. The van der Waals surface area contributed by atoms with Gasteiger partial charge in [-0.2, -0.15) is 0 Å². The summed E-state index contributed by atoms with van der Waals surface area (Å²) in [7, 11) is 0. The van der Waals surface area contributed by atoms with Crippen molar-refractivity contribution in [3.63, 3.8) is 0 Å². The van der Waals surface area contributed by atoms with Crippen molar-refractivity contribution in [2.45, 2.75) is 166 Å². The maximum absolute atomic E-state index is 13.7. The molecule has 3 saturated carbocycles. The molecule has 6 fully saturated rings. The average Bonchev–Trinajstić information content (AvgIpc) is 3.77. The monoisotopic (exact) mass is 656 g/mol. The quantitative estimate of drug-likeness (QED) is 0.241. The lowest BCUT2D eigenvalue weighted by atomic mass is 9.45. The van der Waals surface area contributed by atoms with Crippen LogP contribution in [0.5, 0.6) is 0 Å². The molecule has 8 nitrogen and oxygen atoms in total. The van der Waals surface area contributed by atoms with Crippen LogP contribution in [-0.2, 0) is 14.3 Å². The summed E-state index contributed by atoms with van der Waals surface area (Å²) in [5, 5.41) is 39.1. The minimum atomic E-state index is -1.08. The van der Waals surface area contributed by atoms with Crippen molar-refractivity contribution < 1.29 is 29.6 Å². The van der Waals surface area contributed by atoms with E-state index in [9.17, 15) is 20.1 Å². The first-order valence-electron chi connectivity index (χ1n) is 19.2. The van der Waals surface area contributed by atoms with Crippen molar-refractivity contribution in [3.8, 4) is 0 Å². The van der Waals surface area contributed by atoms with Gasteiger partial charge < -0.3 is 35.8 Å². The molecule has 6 N–H and O–H groups in total. The number of hydrogen-bond acceptors (Lipinski definition) is 8. The Bertz CT molecular complexity index is 1270. The first-order valence-corrected chi connectivity index (χ1v) is 19.2. The maximum atomic E-state index is 13.7. The van der Waals surface area contributed by atoms with Crippen molar-refractivity contribution in [1.82, 2.24) is 5.32 Å². The van der Waals surface area contributed by atoms with Gasteiger partial charge in [-0.25, -0.2) is 0 Å². The summed E-state index contributed by atoms with van der Waals surface area (Å²) in [5.74, 6) is 1.13. The van der Waals surface area contributed by atoms with Crippen LogP contribution in [0, 0.1) is 45.8 Å². The van der Waals surface area contributed by atoms with Gasteiger partial charge in [0.2, 0.25) is 0 Å². The molecule has 3 heterocycles. The number of ketones is 1. The normalized spacial score (nSPS) is 51.3. The van der Waals surface area contributed by atoms with E-state index in [0.717, 1.165) is 82.7 Å². The van der Waals surface area contributed by atoms with Gasteiger partial charge in [-0.3, -0.25) is 4.79 Å². The van der Waals surface area contributed by atoms with Crippen molar-refractivity contribution in [2.75, 3.05) is 13.2 Å². The van der Waals surface area contributed by atoms with Gasteiger partial charge in [-0.15, -0.1) is 0 Å². The summed E-state index contributed by atoms with van der Waals surface area (Å²) in [6.45, 7) is 14.8. The van der Waals surface area contributed by atoms with Crippen LogP contribution in [-0.4, -0.2) is 75.5 Å². The number of epoxide rings is 1. The Labute approximate surface area is 283 Å². The Balaban J connectivity index is 1.16. The molecule has 0 aromatic rings. The van der Waals surface area contributed by atoms with Crippen LogP contribution < -0.4 is 11.1 Å². The summed E-state index contributed by atoms with van der Waals surface area (Å²) in [6.07, 6.45) is 12.1. The summed E-state index contributed by atoms with van der Waals surface area (Å²) in [6, 6.07) is 0. The third-order valence-corrected chi connectivity index (χ3v) is 15.9. The molecule has 3 saturated heterocycles. The molecule has 0 aromatic heterocycles. The fourth-order valence-corrected chi connectivity index (χ4v) is 12.3. The zero-order valence-electron chi connectivity index (χ0n) is 30.0. The number of carbonyl (C=O) groups excluding carboxylic acids is 1. The second-order valence-electron chi connectivity index (χ2n) is 18.8. The topological polar surface area (TPSA) is 138 Å². The first-order chi connectivity index (χ1) is 22.0. The molecule has 14 atom stereocenters. The van der Waals surface area contributed by atoms with Gasteiger partial charge >= 0.3 is 0 Å². The third-order valence-electron chi connectivity index (χ3n) is 15.9. The first kappa shape index (κ1) is 34.6. The number of aliphatic hydroxyl groups excluding tert-OH is 1. The molecule has 3 aliphatic heterocycles. The highest BCUT2D eigenvalue weighted by Crippen LogP contribution is 2.71. The summed E-state index contributed by atoms with van der Waals surface area (Å²) in [4.78, 5) is 13.7. The van der Waals surface area contributed by atoms with E-state index in [-0.39, 0.29) is 52.7 Å². The van der Waals surface area contributed by atoms with Crippen molar-refractivity contribution in [1.29, 1.82) is 0 Å². The standard InChI is InChI=1S/C39H64N2O6/c1-23-12-18-46-38(22-23,33-32(47-33)37(6,44)34(2,3)13-7-24-11-17-41-31(40)19-24)30-10-16-39(45)27-21-29(43)28-20-25(42)8-14-35(28,4)26(27)9-15-36(30,39)5/h21,23-26,28,30-33,41-42,44-45H,7-20,22,40H2,1-6H3/t23-,24?,25+,26-,28-,30-,31?,32+,33-,35-,36-,37+,38-,39+/m1/s1. The highest BCUT2D eigenvalue weighted by atomic mass is 16.6. The lowest BCUT2D eigenvalue weighted by Gasteiger charge is -2.61. The van der Waals surface area contributed by atoms with Gasteiger partial charge in [0.25, 0.3) is 0 Å². The smallest absolute Gasteiger partial charge is 0.159 e. The predicted molar refractivity (Wildman–Crippen MR) is 181 cm³/mol. The van der Waals surface area contributed by atoms with Gasteiger partial charge in [-0.1, -0.05) is 34.6 Å². The summed E-state index contributed by atoms with van der Waals surface area (Å²) >= 11 is 0. The molecule has 0 bridgehead atoms. The number of rotatable bonds is 7. The fraction of sp³-hybridized carbons (Fsp3) is 0.923. The molecule has 4 aliphatic carbocycles. The molecule has 266 valence electrons. The molecule has 7 rings (SSSR count). The van der Waals surface area contributed by atoms with Crippen molar-refractivity contribution >= 4 is 5.78 Å². The van der Waals surface area contributed by atoms with E-state index in [1.165, 1.54) is 0 Å². The van der Waals surface area contributed by atoms with Gasteiger partial charge in [0.05, 0.1) is 23.5 Å². The average molecular weight is 657 g/mol. The van der Waals surface area contributed by atoms with Gasteiger partial charge in [0.15, 0.2) is 5.78 Å². The Hall–Kier alpha value is -0.870. The Morgan fingerprint density at radius 2 is 1.81 bits per heavy atom. The van der Waals surface area contributed by atoms with E-state index >= 15 is 0 Å². The van der Waals surface area contributed by atoms with Crippen LogP contribution in [0.25, 0.3) is 0 Å². The number of piperidine rings is 1. The van der Waals surface area contributed by atoms with E-state index in [1.807, 2.05) is 13.0 Å². The molecule has 0 radical (unpaired) electrons.